The van der Waals surface area contributed by atoms with Crippen LogP contribution in [0, 0.1) is 5.41 Å². The van der Waals surface area contributed by atoms with Crippen molar-refractivity contribution >= 4 is 16.6 Å². The molecule has 0 radical (unpaired) electrons. The molecule has 0 rings (SSSR count). The van der Waals surface area contributed by atoms with Gasteiger partial charge < -0.3 is 0 Å². The molecule has 0 aliphatic heterocycles. The fourth-order valence-electron chi connectivity index (χ4n) is 0.168. The summed E-state index contributed by atoms with van der Waals surface area (Å²) in [7, 11) is 3.20. The molecule has 1 atom stereocenters. The van der Waals surface area contributed by atoms with Crippen molar-refractivity contribution in [1.82, 2.24) is 5.06 Å². The van der Waals surface area contributed by atoms with Crippen LogP contribution < -0.4 is 0 Å². The minimum atomic E-state index is -1.59. The van der Waals surface area contributed by atoms with E-state index < -0.39 is 11.1 Å². The van der Waals surface area contributed by atoms with E-state index in [0.717, 1.165) is 5.55 Å². The van der Waals surface area contributed by atoms with Crippen LogP contribution >= 0.6 is 0 Å². The third kappa shape index (κ3) is 3.91. The summed E-state index contributed by atoms with van der Waals surface area (Å²) in [6.07, 6.45) is 0. The average molecular weight is 136 g/mol. The molecule has 5 heteroatoms. The van der Waals surface area contributed by atoms with E-state index in [1.165, 1.54) is 5.06 Å². The summed E-state index contributed by atoms with van der Waals surface area (Å²) in [5, 5.41) is 7.70. The third-order valence-corrected chi connectivity index (χ3v) is 0.956. The van der Waals surface area contributed by atoms with Gasteiger partial charge in [-0.1, -0.05) is 0 Å². The summed E-state index contributed by atoms with van der Waals surface area (Å²) < 4.78 is 14.7. The molecule has 0 aromatic carbocycles. The summed E-state index contributed by atoms with van der Waals surface area (Å²) in [4.78, 5) is 0. The van der Waals surface area contributed by atoms with Crippen LogP contribution in [0.2, 0.25) is 0 Å². The molecule has 0 aliphatic carbocycles. The Labute approximate surface area is 50.6 Å². The van der Waals surface area contributed by atoms with E-state index in [4.69, 9.17) is 5.41 Å². The standard InChI is InChI=1S/C3H8N2O2S/c1-5(2)7-8(6)3-4/h3-4H,1-2H3. The van der Waals surface area contributed by atoms with E-state index >= 15 is 0 Å². The first-order valence-corrected chi connectivity index (χ1v) is 3.07. The second-order valence-electron chi connectivity index (χ2n) is 1.27. The lowest BCUT2D eigenvalue weighted by molar-refractivity contribution is 0.0165. The van der Waals surface area contributed by atoms with Gasteiger partial charge in [-0.25, -0.2) is 4.21 Å². The highest BCUT2D eigenvalue weighted by atomic mass is 32.2. The molecular formula is C3H8N2O2S. The van der Waals surface area contributed by atoms with Gasteiger partial charge in [0.05, 0.1) is 0 Å². The molecule has 0 heterocycles. The molecule has 0 saturated carbocycles. The lowest BCUT2D eigenvalue weighted by atomic mass is 11.2. The molecular weight excluding hydrogens is 128 g/mol. The third-order valence-electron chi connectivity index (χ3n) is 0.319. The molecule has 0 bridgehead atoms. The second kappa shape index (κ2) is 3.71. The molecule has 48 valence electrons. The van der Waals surface area contributed by atoms with Crippen LogP contribution in [0.1, 0.15) is 0 Å². The normalized spacial score (nSPS) is 13.9. The lowest BCUT2D eigenvalue weighted by Gasteiger charge is -2.03. The van der Waals surface area contributed by atoms with E-state index in [1.54, 1.807) is 14.1 Å². The predicted molar refractivity (Wildman–Crippen MR) is 31.7 cm³/mol. The summed E-state index contributed by atoms with van der Waals surface area (Å²) in [6.45, 7) is 0. The number of hydrogen-bond donors (Lipinski definition) is 1. The maximum atomic E-state index is 10.2. The van der Waals surface area contributed by atoms with E-state index in [0.29, 0.717) is 0 Å². The summed E-state index contributed by atoms with van der Waals surface area (Å²) in [6, 6.07) is 0. The first kappa shape index (κ1) is 7.74. The van der Waals surface area contributed by atoms with E-state index in [9.17, 15) is 4.21 Å². The first-order valence-electron chi connectivity index (χ1n) is 1.93. The van der Waals surface area contributed by atoms with E-state index in [2.05, 4.69) is 4.28 Å². The largest absolute Gasteiger partial charge is 0.297 e. The van der Waals surface area contributed by atoms with Crippen molar-refractivity contribution < 1.29 is 8.49 Å². The van der Waals surface area contributed by atoms with E-state index in [1.807, 2.05) is 0 Å². The quantitative estimate of drug-likeness (QED) is 0.330. The van der Waals surface area contributed by atoms with Gasteiger partial charge in [0, 0.05) is 14.1 Å². The van der Waals surface area contributed by atoms with Crippen LogP contribution in [0.3, 0.4) is 0 Å². The topological polar surface area (TPSA) is 53.4 Å². The zero-order chi connectivity index (χ0) is 6.57. The lowest BCUT2D eigenvalue weighted by Crippen LogP contribution is -2.14. The van der Waals surface area contributed by atoms with Crippen LogP contribution in [0.15, 0.2) is 0 Å². The molecule has 0 aromatic heterocycles. The molecule has 1 N–H and O–H groups in total. The Morgan fingerprint density at radius 2 is 2.25 bits per heavy atom. The van der Waals surface area contributed by atoms with Gasteiger partial charge in [0.1, 0.15) is 5.55 Å². The second-order valence-corrected chi connectivity index (χ2v) is 2.17. The zero-order valence-electron chi connectivity index (χ0n) is 4.75. The van der Waals surface area contributed by atoms with Gasteiger partial charge >= 0.3 is 0 Å². The van der Waals surface area contributed by atoms with Crippen LogP contribution in [0.4, 0.5) is 0 Å². The molecule has 0 fully saturated rings. The van der Waals surface area contributed by atoms with E-state index in [-0.39, 0.29) is 0 Å². The average Bonchev–Trinajstić information content (AvgIpc) is 1.65. The molecule has 4 nitrogen and oxygen atoms in total. The van der Waals surface area contributed by atoms with Crippen LogP contribution in [-0.4, -0.2) is 28.9 Å². The first-order chi connectivity index (χ1) is 3.66. The maximum absolute atomic E-state index is 10.2. The maximum Gasteiger partial charge on any atom is 0.217 e. The number of nitrogens with zero attached hydrogens (tertiary/aromatic N) is 1. The molecule has 0 amide bonds. The van der Waals surface area contributed by atoms with Crippen molar-refractivity contribution in [3.63, 3.8) is 0 Å². The highest BCUT2D eigenvalue weighted by molar-refractivity contribution is 7.94. The van der Waals surface area contributed by atoms with Gasteiger partial charge in [-0.2, -0.15) is 9.35 Å². The monoisotopic (exact) mass is 136 g/mol. The Balaban J connectivity index is 3.39. The fraction of sp³-hybridized carbons (Fsp3) is 0.667. The van der Waals surface area contributed by atoms with Crippen molar-refractivity contribution in [2.75, 3.05) is 14.1 Å². The molecule has 0 aliphatic rings. The van der Waals surface area contributed by atoms with Crippen molar-refractivity contribution in [2.24, 2.45) is 0 Å². The Bertz CT molecular complexity index is 103. The fourth-order valence-corrected chi connectivity index (χ4v) is 0.505. The molecule has 1 unspecified atom stereocenters. The Kier molecular flexibility index (Phi) is 3.59. The Morgan fingerprint density at radius 3 is 2.38 bits per heavy atom. The smallest absolute Gasteiger partial charge is 0.217 e. The molecule has 8 heavy (non-hydrogen) atoms. The van der Waals surface area contributed by atoms with Gasteiger partial charge in [0.15, 0.2) is 0 Å². The Hall–Kier alpha value is -0.260. The molecule has 0 aromatic rings. The number of hydroxylamine groups is 2. The Morgan fingerprint density at radius 1 is 1.75 bits per heavy atom. The van der Waals surface area contributed by atoms with Gasteiger partial charge in [0.2, 0.25) is 11.1 Å². The van der Waals surface area contributed by atoms with Gasteiger partial charge in [-0.05, 0) is 0 Å². The van der Waals surface area contributed by atoms with Gasteiger partial charge in [0.25, 0.3) is 0 Å². The van der Waals surface area contributed by atoms with Gasteiger partial charge in [-0.3, -0.25) is 5.41 Å². The minimum absolute atomic E-state index is 0.722. The van der Waals surface area contributed by atoms with Gasteiger partial charge in [-0.15, -0.1) is 0 Å². The van der Waals surface area contributed by atoms with Crippen molar-refractivity contribution in [1.29, 1.82) is 5.41 Å². The summed E-state index contributed by atoms with van der Waals surface area (Å²) in [5.41, 5.74) is 0.722. The van der Waals surface area contributed by atoms with Crippen LogP contribution in [-0.2, 0) is 15.4 Å². The summed E-state index contributed by atoms with van der Waals surface area (Å²) in [5.74, 6) is 0. The van der Waals surface area contributed by atoms with Crippen molar-refractivity contribution in [3.05, 3.63) is 0 Å². The highest BCUT2D eigenvalue weighted by Crippen LogP contribution is 1.81. The minimum Gasteiger partial charge on any atom is -0.297 e. The predicted octanol–water partition coefficient (Wildman–Crippen LogP) is -0.250. The zero-order valence-corrected chi connectivity index (χ0v) is 5.57. The SMILES string of the molecule is CN(C)OS(=O)C=N. The number of rotatable bonds is 3. The van der Waals surface area contributed by atoms with Crippen LogP contribution in [0.5, 0.6) is 0 Å². The van der Waals surface area contributed by atoms with Crippen molar-refractivity contribution in [2.45, 2.75) is 0 Å². The van der Waals surface area contributed by atoms with Crippen molar-refractivity contribution in [3.8, 4) is 0 Å². The highest BCUT2D eigenvalue weighted by Gasteiger charge is 1.93. The number of hydrogen-bond acceptors (Lipinski definition) is 4. The summed E-state index contributed by atoms with van der Waals surface area (Å²) >= 11 is -1.59. The molecule has 0 saturated heterocycles. The number of nitrogens with one attached hydrogen (secondary N) is 1. The molecule has 0 spiro atoms. The van der Waals surface area contributed by atoms with Crippen LogP contribution in [0.25, 0.3) is 0 Å².